The normalized spacial score (nSPS) is 15.7. The summed E-state index contributed by atoms with van der Waals surface area (Å²) in [7, 11) is 0. The zero-order valence-corrected chi connectivity index (χ0v) is 12.7. The molecule has 0 heterocycles. The van der Waals surface area contributed by atoms with E-state index in [0.717, 1.165) is 31.4 Å². The SMILES string of the molecule is O=C(c1cc(C(F)(F)F)ccc1Br)N(CCO)C1CCC1. The van der Waals surface area contributed by atoms with Crippen LogP contribution in [0.1, 0.15) is 35.2 Å². The summed E-state index contributed by atoms with van der Waals surface area (Å²) in [5.41, 5.74) is -0.878. The van der Waals surface area contributed by atoms with Crippen LogP contribution in [0.15, 0.2) is 22.7 Å². The quantitative estimate of drug-likeness (QED) is 0.887. The Bertz CT molecular complexity index is 529. The Morgan fingerprint density at radius 1 is 1.38 bits per heavy atom. The fourth-order valence-corrected chi connectivity index (χ4v) is 2.69. The van der Waals surface area contributed by atoms with Gasteiger partial charge in [-0.25, -0.2) is 0 Å². The smallest absolute Gasteiger partial charge is 0.395 e. The minimum atomic E-state index is -4.49. The molecule has 0 saturated heterocycles. The van der Waals surface area contributed by atoms with Crippen molar-refractivity contribution >= 4 is 21.8 Å². The van der Waals surface area contributed by atoms with E-state index in [1.807, 2.05) is 0 Å². The summed E-state index contributed by atoms with van der Waals surface area (Å²) >= 11 is 3.13. The predicted octanol–water partition coefficient (Wildman–Crippen LogP) is 3.45. The van der Waals surface area contributed by atoms with Gasteiger partial charge in [-0.05, 0) is 53.4 Å². The summed E-state index contributed by atoms with van der Waals surface area (Å²) in [6.45, 7) is -0.0784. The molecule has 0 bridgehead atoms. The Morgan fingerprint density at radius 2 is 2.05 bits per heavy atom. The van der Waals surface area contributed by atoms with Gasteiger partial charge in [-0.3, -0.25) is 4.79 Å². The summed E-state index contributed by atoms with van der Waals surface area (Å²) in [6.07, 6.45) is -1.86. The lowest BCUT2D eigenvalue weighted by Crippen LogP contribution is -2.45. The Kier molecular flexibility index (Phi) is 4.93. The van der Waals surface area contributed by atoms with Crippen molar-refractivity contribution in [2.75, 3.05) is 13.2 Å². The first-order valence-corrected chi connectivity index (χ1v) is 7.42. The zero-order chi connectivity index (χ0) is 15.6. The Labute approximate surface area is 128 Å². The van der Waals surface area contributed by atoms with Crippen molar-refractivity contribution in [2.45, 2.75) is 31.5 Å². The van der Waals surface area contributed by atoms with Crippen LogP contribution in [-0.4, -0.2) is 35.1 Å². The van der Waals surface area contributed by atoms with Crippen LogP contribution < -0.4 is 0 Å². The molecule has 3 nitrogen and oxygen atoms in total. The summed E-state index contributed by atoms with van der Waals surface area (Å²) in [5.74, 6) is -0.480. The lowest BCUT2D eigenvalue weighted by Gasteiger charge is -2.37. The van der Waals surface area contributed by atoms with Gasteiger partial charge in [-0.1, -0.05) is 0 Å². The molecule has 1 N–H and O–H groups in total. The van der Waals surface area contributed by atoms with Crippen LogP contribution in [0, 0.1) is 0 Å². The van der Waals surface area contributed by atoms with Crippen LogP contribution in [0.4, 0.5) is 13.2 Å². The van der Waals surface area contributed by atoms with Gasteiger partial charge in [0.05, 0.1) is 17.7 Å². The van der Waals surface area contributed by atoms with Crippen molar-refractivity contribution in [1.82, 2.24) is 4.90 Å². The van der Waals surface area contributed by atoms with E-state index >= 15 is 0 Å². The lowest BCUT2D eigenvalue weighted by atomic mass is 9.91. The van der Waals surface area contributed by atoms with Crippen LogP contribution in [0.25, 0.3) is 0 Å². The van der Waals surface area contributed by atoms with Crippen molar-refractivity contribution in [3.05, 3.63) is 33.8 Å². The number of halogens is 4. The predicted molar refractivity (Wildman–Crippen MR) is 74.9 cm³/mol. The van der Waals surface area contributed by atoms with Gasteiger partial charge in [0.15, 0.2) is 0 Å². The average Bonchev–Trinajstić information content (AvgIpc) is 2.34. The van der Waals surface area contributed by atoms with E-state index in [1.54, 1.807) is 0 Å². The Morgan fingerprint density at radius 3 is 2.52 bits per heavy atom. The molecule has 0 radical (unpaired) electrons. The fraction of sp³-hybridized carbons (Fsp3) is 0.500. The third-order valence-corrected chi connectivity index (χ3v) is 4.33. The number of aliphatic hydroxyl groups is 1. The third-order valence-electron chi connectivity index (χ3n) is 3.64. The number of benzene rings is 1. The molecule has 116 valence electrons. The van der Waals surface area contributed by atoms with E-state index in [4.69, 9.17) is 5.11 Å². The molecule has 0 unspecified atom stereocenters. The highest BCUT2D eigenvalue weighted by Gasteiger charge is 2.34. The van der Waals surface area contributed by atoms with E-state index < -0.39 is 17.6 Å². The number of alkyl halides is 3. The molecule has 1 amide bonds. The van der Waals surface area contributed by atoms with Gasteiger partial charge in [0, 0.05) is 17.1 Å². The molecule has 1 fully saturated rings. The summed E-state index contributed by atoms with van der Waals surface area (Å²) in [4.78, 5) is 13.9. The zero-order valence-electron chi connectivity index (χ0n) is 11.2. The first-order valence-electron chi connectivity index (χ1n) is 6.63. The van der Waals surface area contributed by atoms with Gasteiger partial charge in [0.2, 0.25) is 0 Å². The molecule has 1 saturated carbocycles. The van der Waals surface area contributed by atoms with Crippen LogP contribution >= 0.6 is 15.9 Å². The second kappa shape index (κ2) is 6.36. The topological polar surface area (TPSA) is 40.5 Å². The average molecular weight is 366 g/mol. The molecule has 7 heteroatoms. The van der Waals surface area contributed by atoms with E-state index in [-0.39, 0.29) is 24.8 Å². The van der Waals surface area contributed by atoms with E-state index in [9.17, 15) is 18.0 Å². The van der Waals surface area contributed by atoms with Crippen molar-refractivity contribution in [1.29, 1.82) is 0 Å². The Balaban J connectivity index is 2.32. The molecule has 1 aliphatic carbocycles. The standard InChI is InChI=1S/C14H15BrF3NO2/c15-12-5-4-9(14(16,17)18)8-11(12)13(21)19(6-7-20)10-2-1-3-10/h4-5,8,10,20H,1-3,6-7H2. The second-order valence-electron chi connectivity index (χ2n) is 5.00. The van der Waals surface area contributed by atoms with E-state index in [2.05, 4.69) is 15.9 Å². The molecule has 1 aromatic rings. The number of carbonyl (C=O) groups excluding carboxylic acids is 1. The highest BCUT2D eigenvalue weighted by Crippen LogP contribution is 2.33. The van der Waals surface area contributed by atoms with Crippen LogP contribution in [0.5, 0.6) is 0 Å². The third kappa shape index (κ3) is 3.58. The molecule has 21 heavy (non-hydrogen) atoms. The lowest BCUT2D eigenvalue weighted by molar-refractivity contribution is -0.137. The van der Waals surface area contributed by atoms with Gasteiger partial charge in [0.25, 0.3) is 5.91 Å². The van der Waals surface area contributed by atoms with Crippen molar-refractivity contribution in [3.63, 3.8) is 0 Å². The van der Waals surface area contributed by atoms with Gasteiger partial charge in [-0.15, -0.1) is 0 Å². The number of rotatable bonds is 4. The maximum absolute atomic E-state index is 12.8. The first-order chi connectivity index (χ1) is 9.84. The van der Waals surface area contributed by atoms with Gasteiger partial charge >= 0.3 is 6.18 Å². The monoisotopic (exact) mass is 365 g/mol. The highest BCUT2D eigenvalue weighted by molar-refractivity contribution is 9.10. The molecule has 1 aromatic carbocycles. The largest absolute Gasteiger partial charge is 0.416 e. The fourth-order valence-electron chi connectivity index (χ4n) is 2.28. The Hall–Kier alpha value is -1.08. The summed E-state index contributed by atoms with van der Waals surface area (Å²) < 4.78 is 38.6. The van der Waals surface area contributed by atoms with Gasteiger partial charge < -0.3 is 10.0 Å². The van der Waals surface area contributed by atoms with Crippen molar-refractivity contribution < 1.29 is 23.1 Å². The molecule has 0 spiro atoms. The highest BCUT2D eigenvalue weighted by atomic mass is 79.9. The van der Waals surface area contributed by atoms with E-state index in [1.165, 1.54) is 11.0 Å². The summed E-state index contributed by atoms with van der Waals surface area (Å²) in [6, 6.07) is 3.02. The van der Waals surface area contributed by atoms with Gasteiger partial charge in [-0.2, -0.15) is 13.2 Å². The molecular weight excluding hydrogens is 351 g/mol. The first kappa shape index (κ1) is 16.3. The van der Waals surface area contributed by atoms with Gasteiger partial charge in [0.1, 0.15) is 0 Å². The maximum Gasteiger partial charge on any atom is 0.416 e. The van der Waals surface area contributed by atoms with Crippen LogP contribution in [-0.2, 0) is 6.18 Å². The molecule has 1 aliphatic rings. The van der Waals surface area contributed by atoms with Crippen LogP contribution in [0.3, 0.4) is 0 Å². The number of carbonyl (C=O) groups is 1. The molecular formula is C14H15BrF3NO2. The van der Waals surface area contributed by atoms with Crippen LogP contribution in [0.2, 0.25) is 0 Å². The number of nitrogens with zero attached hydrogens (tertiary/aromatic N) is 1. The maximum atomic E-state index is 12.8. The minimum absolute atomic E-state index is 0.00564. The number of hydrogen-bond donors (Lipinski definition) is 1. The minimum Gasteiger partial charge on any atom is -0.395 e. The number of hydrogen-bond acceptors (Lipinski definition) is 2. The number of amides is 1. The molecule has 0 atom stereocenters. The molecule has 0 aliphatic heterocycles. The number of aliphatic hydroxyl groups excluding tert-OH is 1. The summed E-state index contributed by atoms with van der Waals surface area (Å²) in [5, 5.41) is 9.07. The second-order valence-corrected chi connectivity index (χ2v) is 5.85. The van der Waals surface area contributed by atoms with Crippen molar-refractivity contribution in [2.24, 2.45) is 0 Å². The van der Waals surface area contributed by atoms with E-state index in [0.29, 0.717) is 4.47 Å². The molecule has 0 aromatic heterocycles. The van der Waals surface area contributed by atoms with Crippen molar-refractivity contribution in [3.8, 4) is 0 Å². The molecule has 2 rings (SSSR count).